The summed E-state index contributed by atoms with van der Waals surface area (Å²) >= 11 is 0. The largest absolute Gasteiger partial charge is 0.481 e. The summed E-state index contributed by atoms with van der Waals surface area (Å²) in [6.07, 6.45) is 9.97. The van der Waals surface area contributed by atoms with E-state index in [2.05, 4.69) is 20.1 Å². The molecule has 0 bridgehead atoms. The maximum atomic E-state index is 13.5. The molecule has 4 heterocycles. The summed E-state index contributed by atoms with van der Waals surface area (Å²) in [5.41, 5.74) is 8.08. The zero-order valence-corrected chi connectivity index (χ0v) is 53.1. The Morgan fingerprint density at radius 1 is 0.629 bits per heavy atom. The average molecular weight is 1330 g/mol. The Kier molecular flexibility index (Phi) is 21.2. The molecule has 0 atom stereocenters. The third kappa shape index (κ3) is 17.6. The van der Waals surface area contributed by atoms with Crippen LogP contribution >= 0.6 is 0 Å². The van der Waals surface area contributed by atoms with Gasteiger partial charge in [-0.15, -0.1) is 0 Å². The van der Waals surface area contributed by atoms with Crippen molar-refractivity contribution >= 4 is 119 Å². The van der Waals surface area contributed by atoms with E-state index in [1.54, 1.807) is 32.1 Å². The van der Waals surface area contributed by atoms with Crippen LogP contribution in [-0.2, 0) is 60.2 Å². The Hall–Kier alpha value is -6.79. The number of piperidine rings is 3. The summed E-state index contributed by atoms with van der Waals surface area (Å²) in [5.74, 6) is -0.494. The maximum Gasteiger partial charge on any atom is 0.306 e. The number of aromatic nitrogens is 3. The highest BCUT2D eigenvalue weighted by Gasteiger charge is 2.31. The molecule has 89 heavy (non-hydrogen) atoms. The topological polar surface area (TPSA) is 428 Å². The number of carboxylic acid groups (broad SMARTS) is 1. The van der Waals surface area contributed by atoms with E-state index < -0.39 is 87.8 Å². The molecule has 1 amide bonds. The van der Waals surface area contributed by atoms with Gasteiger partial charge in [-0.2, -0.15) is 57.0 Å². The summed E-state index contributed by atoms with van der Waals surface area (Å²) in [7, 11) is -24.5. The fraction of sp³-hybridized carbons (Fsp3) is 0.464. The van der Waals surface area contributed by atoms with Crippen molar-refractivity contribution in [2.75, 3.05) is 71.2 Å². The second-order valence-corrected chi connectivity index (χ2v) is 29.7. The molecule has 1 aromatic heterocycles. The molecule has 0 aliphatic carbocycles. The van der Waals surface area contributed by atoms with E-state index in [0.29, 0.717) is 131 Å². The lowest BCUT2D eigenvalue weighted by Gasteiger charge is -2.35. The van der Waals surface area contributed by atoms with Gasteiger partial charge in [0, 0.05) is 92.2 Å². The first-order valence-electron chi connectivity index (χ1n) is 28.6. The standard InChI is InChI=1S/C56H72N10O18S5/c1-35(9-7-10-40(11-8-30-85(70,71)72)58-48-15-13-44-46(36(48)2)31-42(86(73,74)75)33-50(44)88(79,80)81)66(49-16-14-45-47(37(49)3)32-43(87(76,77)78)34-51(45)89(82,83)84)23-6-4-5-12-52(67)59-41-21-28-65(29-22-41)56-61-54(63-24-17-38(18-25-63)53(68)69)60-55(62-56)64-26-19-39(57)20-27-64/h7,9-10,13-16,31-34,38-39,41H,4-6,8,11-12,17-30,57H2,1-3H3,(H,59,67)(H,68,69)(H,70,71,72)(H,73,74,75)(H,76,77,78)(H,79,80,81)(H,82,83,84)/b10-7+,35-9+,58-40-. The molecule has 484 valence electrons. The number of hydrogen-bond acceptors (Lipinski definition) is 21. The molecule has 3 aliphatic rings. The smallest absolute Gasteiger partial charge is 0.306 e. The summed E-state index contributed by atoms with van der Waals surface area (Å²) in [4.78, 5) is 49.3. The average Bonchev–Trinajstić information content (AvgIpc) is 0.904. The molecule has 3 saturated heterocycles. The van der Waals surface area contributed by atoms with Gasteiger partial charge in [0.05, 0.1) is 27.1 Å². The van der Waals surface area contributed by atoms with Crippen LogP contribution in [-0.4, -0.2) is 166 Å². The first-order valence-corrected chi connectivity index (χ1v) is 36.0. The van der Waals surface area contributed by atoms with Crippen molar-refractivity contribution in [3.8, 4) is 0 Å². The van der Waals surface area contributed by atoms with Crippen molar-refractivity contribution in [1.82, 2.24) is 20.3 Å². The number of nitrogens with two attached hydrogens (primary N) is 1. The van der Waals surface area contributed by atoms with Gasteiger partial charge in [-0.3, -0.25) is 37.3 Å². The summed E-state index contributed by atoms with van der Waals surface area (Å²) in [5, 5.41) is 12.7. The Bertz CT molecular complexity index is 4220. The number of amides is 1. The number of unbranched alkanes of at least 4 members (excludes halogenated alkanes) is 2. The van der Waals surface area contributed by atoms with Gasteiger partial charge in [0.15, 0.2) is 0 Å². The minimum absolute atomic E-state index is 0.0204. The number of carbonyl (C=O) groups excluding carboxylic acids is 1. The highest BCUT2D eigenvalue weighted by atomic mass is 32.2. The fourth-order valence-corrected chi connectivity index (χ4v) is 14.4. The molecule has 0 radical (unpaired) electrons. The van der Waals surface area contributed by atoms with Crippen molar-refractivity contribution in [2.45, 2.75) is 129 Å². The van der Waals surface area contributed by atoms with Crippen LogP contribution < -0.4 is 30.7 Å². The molecule has 3 fully saturated rings. The number of carbonyl (C=O) groups is 2. The number of nitrogens with one attached hydrogen (secondary N) is 1. The van der Waals surface area contributed by atoms with E-state index in [0.717, 1.165) is 25.0 Å². The highest BCUT2D eigenvalue weighted by molar-refractivity contribution is 7.87. The van der Waals surface area contributed by atoms with Crippen molar-refractivity contribution in [1.29, 1.82) is 0 Å². The van der Waals surface area contributed by atoms with Gasteiger partial charge in [-0.25, -0.2) is 0 Å². The number of carboxylic acids is 1. The van der Waals surface area contributed by atoms with E-state index in [9.17, 15) is 79.5 Å². The number of aliphatic carboxylic acids is 1. The molecule has 3 aliphatic heterocycles. The third-order valence-corrected chi connectivity index (χ3v) is 20.4. The molecule has 4 aromatic carbocycles. The molecule has 0 saturated carbocycles. The van der Waals surface area contributed by atoms with Crippen LogP contribution in [0.4, 0.5) is 29.2 Å². The van der Waals surface area contributed by atoms with Crippen molar-refractivity contribution in [3.63, 3.8) is 0 Å². The van der Waals surface area contributed by atoms with E-state index in [-0.39, 0.29) is 82.3 Å². The van der Waals surface area contributed by atoms with Crippen LogP contribution in [0.2, 0.25) is 0 Å². The van der Waals surface area contributed by atoms with Crippen molar-refractivity contribution in [3.05, 3.63) is 83.6 Å². The fourth-order valence-electron chi connectivity index (χ4n) is 11.2. The van der Waals surface area contributed by atoms with E-state index in [4.69, 9.17) is 20.7 Å². The lowest BCUT2D eigenvalue weighted by molar-refractivity contribution is -0.142. The number of hydrogen-bond donors (Lipinski definition) is 8. The van der Waals surface area contributed by atoms with Gasteiger partial charge in [0.2, 0.25) is 23.8 Å². The second kappa shape index (κ2) is 27.8. The highest BCUT2D eigenvalue weighted by Crippen LogP contribution is 2.38. The summed E-state index contributed by atoms with van der Waals surface area (Å²) < 4.78 is 172. The minimum atomic E-state index is -5.03. The molecule has 9 N–H and O–H groups in total. The lowest BCUT2D eigenvalue weighted by Crippen LogP contribution is -2.46. The summed E-state index contributed by atoms with van der Waals surface area (Å²) in [6, 6.07) is 8.89. The van der Waals surface area contributed by atoms with E-state index in [1.807, 2.05) is 9.80 Å². The quantitative estimate of drug-likeness (QED) is 0.0150. The Labute approximate surface area is 516 Å². The molecule has 8 rings (SSSR count). The molecule has 0 spiro atoms. The zero-order valence-electron chi connectivity index (χ0n) is 49.0. The van der Waals surface area contributed by atoms with Crippen LogP contribution in [0.5, 0.6) is 0 Å². The van der Waals surface area contributed by atoms with Crippen molar-refractivity contribution in [2.24, 2.45) is 16.6 Å². The maximum absolute atomic E-state index is 13.5. The predicted octanol–water partition coefficient (Wildman–Crippen LogP) is 6.06. The number of aryl methyl sites for hydroxylation is 2. The van der Waals surface area contributed by atoms with Crippen LogP contribution in [0.15, 0.2) is 97.0 Å². The van der Waals surface area contributed by atoms with Crippen LogP contribution in [0, 0.1) is 19.8 Å². The van der Waals surface area contributed by atoms with Gasteiger partial charge in [0.1, 0.15) is 9.79 Å². The molecule has 33 heteroatoms. The second-order valence-electron chi connectivity index (χ2n) is 22.5. The number of nitrogens with zero attached hydrogens (tertiary/aromatic N) is 8. The lowest BCUT2D eigenvalue weighted by atomic mass is 9.97. The monoisotopic (exact) mass is 1330 g/mol. The van der Waals surface area contributed by atoms with Crippen molar-refractivity contribution < 1.29 is 79.5 Å². The Morgan fingerprint density at radius 3 is 1.62 bits per heavy atom. The predicted molar refractivity (Wildman–Crippen MR) is 333 cm³/mol. The van der Waals surface area contributed by atoms with Gasteiger partial charge >= 0.3 is 5.97 Å². The Morgan fingerprint density at radius 2 is 1.12 bits per heavy atom. The first kappa shape index (κ1) is 68.1. The number of fused-ring (bicyclic) bond motifs is 2. The van der Waals surface area contributed by atoms with E-state index in [1.165, 1.54) is 31.2 Å². The molecule has 5 aromatic rings. The van der Waals surface area contributed by atoms with Gasteiger partial charge < -0.3 is 35.8 Å². The molecular formula is C56H72N10O18S5. The first-order chi connectivity index (χ1) is 41.6. The third-order valence-electron chi connectivity index (χ3n) is 16.2. The number of rotatable bonds is 24. The zero-order chi connectivity index (χ0) is 65.0. The van der Waals surface area contributed by atoms with Gasteiger partial charge in [0.25, 0.3) is 50.6 Å². The summed E-state index contributed by atoms with van der Waals surface area (Å²) in [6.45, 7) is 8.53. The van der Waals surface area contributed by atoms with Crippen LogP contribution in [0.3, 0.4) is 0 Å². The Balaban J connectivity index is 1.00. The molecule has 0 unspecified atom stereocenters. The molecule has 28 nitrogen and oxygen atoms in total. The van der Waals surface area contributed by atoms with Crippen LogP contribution in [0.1, 0.15) is 95.1 Å². The number of benzene rings is 4. The molecular weight excluding hydrogens is 1260 g/mol. The van der Waals surface area contributed by atoms with Gasteiger partial charge in [-0.05, 0) is 155 Å². The number of anilines is 4. The van der Waals surface area contributed by atoms with E-state index >= 15 is 0 Å². The normalized spacial score (nSPS) is 16.9. The SMILES string of the molecule is C\C(=C/C=C/C(CCCS(=O)(=O)O)=N/c1ccc2c(S(=O)(=O)O)cc(S(=O)(=O)O)cc2c1C)N(CCCCCC(=O)NC1CCN(c2nc(N3CCC(N)CC3)nc(N3CCC(C(=O)O)CC3)n2)CC1)c1ccc2c(S(=O)(=O)O)cc(S(=O)(=O)O)cc2c1C. The number of allylic oxidation sites excluding steroid dienone is 4. The number of aliphatic imine (C=N–C) groups is 1. The van der Waals surface area contributed by atoms with Crippen LogP contribution in [0.25, 0.3) is 21.5 Å². The van der Waals surface area contributed by atoms with Gasteiger partial charge in [-0.1, -0.05) is 24.6 Å². The minimum Gasteiger partial charge on any atom is -0.481 e.